The minimum absolute atomic E-state index is 0.315. The first-order chi connectivity index (χ1) is 6.42. The maximum atomic E-state index is 8.96. The lowest BCUT2D eigenvalue weighted by molar-refractivity contribution is 0.271. The summed E-state index contributed by atoms with van der Waals surface area (Å²) in [5, 5.41) is 8.96. The Bertz CT molecular complexity index is 267. The van der Waals surface area contributed by atoms with Gasteiger partial charge in [-0.2, -0.15) is 0 Å². The highest BCUT2D eigenvalue weighted by atomic mass is 16.3. The average Bonchev–Trinajstić information content (AvgIpc) is 2.52. The predicted molar refractivity (Wildman–Crippen MR) is 52.7 cm³/mol. The molecule has 0 radical (unpaired) electrons. The van der Waals surface area contributed by atoms with Crippen LogP contribution in [-0.4, -0.2) is 16.3 Å². The molecule has 2 nitrogen and oxygen atoms in total. The Morgan fingerprint density at radius 3 is 3.23 bits per heavy atom. The summed E-state index contributed by atoms with van der Waals surface area (Å²) in [4.78, 5) is 0. The largest absolute Gasteiger partial charge is 0.396 e. The quantitative estimate of drug-likeness (QED) is 0.739. The molecule has 0 bridgehead atoms. The topological polar surface area (TPSA) is 25.2 Å². The van der Waals surface area contributed by atoms with E-state index in [-0.39, 0.29) is 0 Å². The molecule has 0 aliphatic carbocycles. The molecule has 2 rings (SSSR count). The molecule has 1 aromatic rings. The third-order valence-corrected chi connectivity index (χ3v) is 2.96. The van der Waals surface area contributed by atoms with Crippen LogP contribution in [-0.2, 0) is 6.54 Å². The van der Waals surface area contributed by atoms with Gasteiger partial charge in [0, 0.05) is 31.0 Å². The van der Waals surface area contributed by atoms with Gasteiger partial charge in [-0.05, 0) is 31.4 Å². The molecule has 0 saturated carbocycles. The molecular weight excluding hydrogens is 162 g/mol. The van der Waals surface area contributed by atoms with E-state index < -0.39 is 0 Å². The second-order valence-corrected chi connectivity index (χ2v) is 3.83. The van der Waals surface area contributed by atoms with Crippen LogP contribution in [0.25, 0.3) is 0 Å². The fourth-order valence-corrected chi connectivity index (χ4v) is 2.27. The Kier molecular flexibility index (Phi) is 2.69. The molecule has 1 atom stereocenters. The normalized spacial score (nSPS) is 22.4. The van der Waals surface area contributed by atoms with Gasteiger partial charge in [-0.25, -0.2) is 0 Å². The highest BCUT2D eigenvalue weighted by Gasteiger charge is 2.17. The van der Waals surface area contributed by atoms with Crippen LogP contribution in [0, 0.1) is 0 Å². The van der Waals surface area contributed by atoms with Gasteiger partial charge < -0.3 is 9.67 Å². The van der Waals surface area contributed by atoms with Crippen molar-refractivity contribution in [1.82, 2.24) is 4.57 Å². The van der Waals surface area contributed by atoms with Gasteiger partial charge in [0.2, 0.25) is 0 Å². The fraction of sp³-hybridized carbons (Fsp3) is 0.636. The van der Waals surface area contributed by atoms with E-state index in [1.165, 1.54) is 25.0 Å². The molecule has 72 valence electrons. The summed E-state index contributed by atoms with van der Waals surface area (Å²) >= 11 is 0. The summed E-state index contributed by atoms with van der Waals surface area (Å²) in [7, 11) is 0. The molecule has 13 heavy (non-hydrogen) atoms. The van der Waals surface area contributed by atoms with Crippen molar-refractivity contribution < 1.29 is 5.11 Å². The van der Waals surface area contributed by atoms with E-state index >= 15 is 0 Å². The second-order valence-electron chi connectivity index (χ2n) is 3.83. The van der Waals surface area contributed by atoms with Crippen LogP contribution >= 0.6 is 0 Å². The number of aliphatic hydroxyl groups excluding tert-OH is 1. The van der Waals surface area contributed by atoms with Crippen LogP contribution in [0.3, 0.4) is 0 Å². The lowest BCUT2D eigenvalue weighted by atomic mass is 9.96. The van der Waals surface area contributed by atoms with E-state index in [2.05, 4.69) is 22.9 Å². The SMILES string of the molecule is OCC[C@H]1CCCCn2cccc21. The molecular formula is C11H17NO. The lowest BCUT2D eigenvalue weighted by Crippen LogP contribution is -2.05. The Labute approximate surface area is 79.2 Å². The van der Waals surface area contributed by atoms with Gasteiger partial charge in [0.15, 0.2) is 0 Å². The highest BCUT2D eigenvalue weighted by molar-refractivity contribution is 5.13. The minimum atomic E-state index is 0.315. The number of rotatable bonds is 2. The maximum absolute atomic E-state index is 8.96. The third kappa shape index (κ3) is 1.78. The van der Waals surface area contributed by atoms with Gasteiger partial charge >= 0.3 is 0 Å². The van der Waals surface area contributed by atoms with Crippen LogP contribution in [0.15, 0.2) is 18.3 Å². The van der Waals surface area contributed by atoms with Gasteiger partial charge in [0.1, 0.15) is 0 Å². The van der Waals surface area contributed by atoms with E-state index in [4.69, 9.17) is 5.11 Å². The molecule has 1 aliphatic rings. The van der Waals surface area contributed by atoms with Crippen LogP contribution < -0.4 is 0 Å². The minimum Gasteiger partial charge on any atom is -0.396 e. The Balaban J connectivity index is 2.20. The van der Waals surface area contributed by atoms with Gasteiger partial charge in [-0.15, -0.1) is 0 Å². The van der Waals surface area contributed by atoms with E-state index in [0.717, 1.165) is 13.0 Å². The molecule has 0 amide bonds. The zero-order chi connectivity index (χ0) is 9.10. The van der Waals surface area contributed by atoms with E-state index in [0.29, 0.717) is 12.5 Å². The van der Waals surface area contributed by atoms with Crippen molar-refractivity contribution in [3.05, 3.63) is 24.0 Å². The van der Waals surface area contributed by atoms with Crippen molar-refractivity contribution in [1.29, 1.82) is 0 Å². The molecule has 2 heteroatoms. The van der Waals surface area contributed by atoms with Crippen LogP contribution in [0.4, 0.5) is 0 Å². The standard InChI is InChI=1S/C11H17NO/c13-9-6-10-4-1-2-7-12-8-3-5-11(10)12/h3,5,8,10,13H,1-2,4,6-7,9H2/t10-/m1/s1. The van der Waals surface area contributed by atoms with E-state index in [9.17, 15) is 0 Å². The zero-order valence-corrected chi connectivity index (χ0v) is 7.95. The van der Waals surface area contributed by atoms with Crippen molar-refractivity contribution >= 4 is 0 Å². The van der Waals surface area contributed by atoms with Crippen molar-refractivity contribution in [2.24, 2.45) is 0 Å². The number of nitrogens with zero attached hydrogens (tertiary/aromatic N) is 1. The molecule has 0 unspecified atom stereocenters. The van der Waals surface area contributed by atoms with Crippen molar-refractivity contribution in [2.75, 3.05) is 6.61 Å². The summed E-state index contributed by atoms with van der Waals surface area (Å²) in [6, 6.07) is 4.32. The second kappa shape index (κ2) is 3.97. The molecule has 2 heterocycles. The number of hydrogen-bond acceptors (Lipinski definition) is 1. The van der Waals surface area contributed by atoms with E-state index in [1.54, 1.807) is 0 Å². The fourth-order valence-electron chi connectivity index (χ4n) is 2.27. The predicted octanol–water partition coefficient (Wildman–Crippen LogP) is 2.14. The van der Waals surface area contributed by atoms with E-state index in [1.807, 2.05) is 0 Å². The Morgan fingerprint density at radius 1 is 1.46 bits per heavy atom. The van der Waals surface area contributed by atoms with Crippen molar-refractivity contribution in [3.8, 4) is 0 Å². The van der Waals surface area contributed by atoms with Crippen LogP contribution in [0.1, 0.15) is 37.3 Å². The van der Waals surface area contributed by atoms with Gasteiger partial charge in [0.05, 0.1) is 0 Å². The Morgan fingerprint density at radius 2 is 2.38 bits per heavy atom. The number of hydrogen-bond donors (Lipinski definition) is 1. The highest BCUT2D eigenvalue weighted by Crippen LogP contribution is 2.29. The molecule has 1 aromatic heterocycles. The third-order valence-electron chi connectivity index (χ3n) is 2.96. The van der Waals surface area contributed by atoms with Crippen LogP contribution in [0.2, 0.25) is 0 Å². The van der Waals surface area contributed by atoms with Crippen LogP contribution in [0.5, 0.6) is 0 Å². The molecule has 0 aromatic carbocycles. The van der Waals surface area contributed by atoms with Gasteiger partial charge in [-0.1, -0.05) is 6.42 Å². The smallest absolute Gasteiger partial charge is 0.0437 e. The van der Waals surface area contributed by atoms with Crippen molar-refractivity contribution in [3.63, 3.8) is 0 Å². The summed E-state index contributed by atoms with van der Waals surface area (Å²) in [5.74, 6) is 0.586. The monoisotopic (exact) mass is 179 g/mol. The van der Waals surface area contributed by atoms with Gasteiger partial charge in [-0.3, -0.25) is 0 Å². The Hall–Kier alpha value is -0.760. The first-order valence-corrected chi connectivity index (χ1v) is 5.17. The summed E-state index contributed by atoms with van der Waals surface area (Å²) < 4.78 is 2.34. The number of aryl methyl sites for hydroxylation is 1. The van der Waals surface area contributed by atoms with Crippen molar-refractivity contribution in [2.45, 2.75) is 38.1 Å². The molecule has 1 N–H and O–H groups in total. The average molecular weight is 179 g/mol. The first-order valence-electron chi connectivity index (χ1n) is 5.17. The number of aromatic nitrogens is 1. The lowest BCUT2D eigenvalue weighted by Gasteiger charge is -2.14. The first kappa shape index (κ1) is 8.82. The summed E-state index contributed by atoms with van der Waals surface area (Å²) in [6.07, 6.45) is 6.90. The molecule has 1 aliphatic heterocycles. The molecule has 0 saturated heterocycles. The number of fused-ring (bicyclic) bond motifs is 1. The van der Waals surface area contributed by atoms with Gasteiger partial charge in [0.25, 0.3) is 0 Å². The number of aliphatic hydroxyl groups is 1. The summed E-state index contributed by atoms with van der Waals surface area (Å²) in [5.41, 5.74) is 1.42. The maximum Gasteiger partial charge on any atom is 0.0437 e. The molecule has 0 spiro atoms. The summed E-state index contributed by atoms with van der Waals surface area (Å²) in [6.45, 7) is 1.47. The molecule has 0 fully saturated rings. The zero-order valence-electron chi connectivity index (χ0n) is 7.95.